The van der Waals surface area contributed by atoms with Gasteiger partial charge in [-0.1, -0.05) is 24.1 Å². The van der Waals surface area contributed by atoms with Crippen LogP contribution in [0.25, 0.3) is 0 Å². The molecule has 0 spiro atoms. The topological polar surface area (TPSA) is 3.24 Å². The van der Waals surface area contributed by atoms with E-state index in [-0.39, 0.29) is 0 Å². The van der Waals surface area contributed by atoms with Gasteiger partial charge in [0.15, 0.2) is 0 Å². The van der Waals surface area contributed by atoms with Crippen molar-refractivity contribution < 1.29 is 0 Å². The highest BCUT2D eigenvalue weighted by Crippen LogP contribution is 2.07. The number of nitrogens with zero attached hydrogens (tertiary/aromatic N) is 1. The van der Waals surface area contributed by atoms with Gasteiger partial charge in [0.2, 0.25) is 0 Å². The monoisotopic (exact) mass is 159 g/mol. The second-order valence-electron chi connectivity index (χ2n) is 2.72. The Kier molecular flexibility index (Phi) is 3.84. The highest BCUT2D eigenvalue weighted by atomic mass is 35.5. The highest BCUT2D eigenvalue weighted by molar-refractivity contribution is 6.25. The molecule has 0 aromatic heterocycles. The Balaban J connectivity index is 2.13. The highest BCUT2D eigenvalue weighted by Gasteiger charge is 2.06. The summed E-state index contributed by atoms with van der Waals surface area (Å²) in [5.41, 5.74) is 1.61. The maximum Gasteiger partial charge on any atom is 0.0174 e. The molecule has 1 fully saturated rings. The summed E-state index contributed by atoms with van der Waals surface area (Å²) < 4.78 is 0. The number of piperidine rings is 1. The van der Waals surface area contributed by atoms with E-state index in [1.54, 1.807) is 5.54 Å². The average Bonchev–Trinajstić information content (AvgIpc) is 2.03. The molecule has 1 heterocycles. The van der Waals surface area contributed by atoms with E-state index in [1.807, 2.05) is 6.08 Å². The molecular weight excluding hydrogens is 146 g/mol. The van der Waals surface area contributed by atoms with Gasteiger partial charge < -0.3 is 0 Å². The number of halogens is 1. The van der Waals surface area contributed by atoms with E-state index < -0.39 is 0 Å². The summed E-state index contributed by atoms with van der Waals surface area (Å²) in [6.45, 7) is 3.53. The minimum Gasteiger partial charge on any atom is -0.300 e. The van der Waals surface area contributed by atoms with Crippen LogP contribution in [0, 0.1) is 0 Å². The van der Waals surface area contributed by atoms with Gasteiger partial charge in [0.1, 0.15) is 0 Å². The van der Waals surface area contributed by atoms with E-state index in [0.29, 0.717) is 0 Å². The van der Waals surface area contributed by atoms with Gasteiger partial charge in [-0.2, -0.15) is 0 Å². The summed E-state index contributed by atoms with van der Waals surface area (Å²) in [6.07, 6.45) is 6.13. The van der Waals surface area contributed by atoms with E-state index in [1.165, 1.54) is 32.4 Å². The first-order valence-corrected chi connectivity index (χ1v) is 4.34. The van der Waals surface area contributed by atoms with E-state index in [9.17, 15) is 0 Å². The zero-order chi connectivity index (χ0) is 7.23. The first-order chi connectivity index (χ1) is 4.93. The van der Waals surface area contributed by atoms with Crippen molar-refractivity contribution >= 4 is 11.6 Å². The van der Waals surface area contributed by atoms with Crippen molar-refractivity contribution in [1.29, 1.82) is 0 Å². The fraction of sp³-hybridized carbons (Fsp3) is 0.750. The van der Waals surface area contributed by atoms with Crippen LogP contribution in [0.1, 0.15) is 19.3 Å². The molecule has 0 aliphatic carbocycles. The van der Waals surface area contributed by atoms with Gasteiger partial charge in [-0.05, 0) is 25.9 Å². The SMILES string of the molecule is ClC=CCN1CCCCC1. The van der Waals surface area contributed by atoms with Crippen LogP contribution in [0.4, 0.5) is 0 Å². The first-order valence-electron chi connectivity index (χ1n) is 3.91. The normalized spacial score (nSPS) is 22.1. The molecule has 0 atom stereocenters. The van der Waals surface area contributed by atoms with Gasteiger partial charge in [-0.15, -0.1) is 0 Å². The maximum absolute atomic E-state index is 5.41. The van der Waals surface area contributed by atoms with Gasteiger partial charge in [0, 0.05) is 12.1 Å². The maximum atomic E-state index is 5.41. The van der Waals surface area contributed by atoms with Crippen molar-refractivity contribution in [2.75, 3.05) is 19.6 Å². The van der Waals surface area contributed by atoms with Crippen LogP contribution in [0.2, 0.25) is 0 Å². The smallest absolute Gasteiger partial charge is 0.0174 e. The van der Waals surface area contributed by atoms with E-state index in [2.05, 4.69) is 4.90 Å². The third-order valence-corrected chi connectivity index (χ3v) is 2.08. The van der Waals surface area contributed by atoms with E-state index >= 15 is 0 Å². The predicted octanol–water partition coefficient (Wildman–Crippen LogP) is 2.22. The fourth-order valence-corrected chi connectivity index (χ4v) is 1.41. The Morgan fingerprint density at radius 3 is 2.50 bits per heavy atom. The van der Waals surface area contributed by atoms with Crippen molar-refractivity contribution in [3.8, 4) is 0 Å². The van der Waals surface area contributed by atoms with Crippen molar-refractivity contribution in [3.05, 3.63) is 11.6 Å². The number of hydrogen-bond acceptors (Lipinski definition) is 1. The molecule has 0 aromatic rings. The van der Waals surface area contributed by atoms with Crippen LogP contribution < -0.4 is 0 Å². The largest absolute Gasteiger partial charge is 0.300 e. The van der Waals surface area contributed by atoms with Crippen LogP contribution in [0.15, 0.2) is 11.6 Å². The molecule has 0 N–H and O–H groups in total. The quantitative estimate of drug-likeness (QED) is 0.598. The molecular formula is C8H14ClN. The third kappa shape index (κ3) is 2.72. The Morgan fingerprint density at radius 1 is 1.20 bits per heavy atom. The Bertz CT molecular complexity index is 106. The van der Waals surface area contributed by atoms with Crippen molar-refractivity contribution in [2.45, 2.75) is 19.3 Å². The molecule has 0 aromatic carbocycles. The third-order valence-electron chi connectivity index (χ3n) is 1.90. The molecule has 1 aliphatic rings. The summed E-state index contributed by atoms with van der Waals surface area (Å²) in [6, 6.07) is 0. The van der Waals surface area contributed by atoms with Crippen LogP contribution in [-0.2, 0) is 0 Å². The minimum absolute atomic E-state index is 1.03. The second-order valence-corrected chi connectivity index (χ2v) is 2.97. The molecule has 10 heavy (non-hydrogen) atoms. The summed E-state index contributed by atoms with van der Waals surface area (Å²) in [5, 5.41) is 0. The molecule has 1 aliphatic heterocycles. The van der Waals surface area contributed by atoms with Crippen LogP contribution in [0.3, 0.4) is 0 Å². The van der Waals surface area contributed by atoms with Gasteiger partial charge in [0.25, 0.3) is 0 Å². The van der Waals surface area contributed by atoms with Crippen molar-refractivity contribution in [3.63, 3.8) is 0 Å². The zero-order valence-electron chi connectivity index (χ0n) is 6.22. The lowest BCUT2D eigenvalue weighted by Crippen LogP contribution is -2.29. The molecule has 0 radical (unpaired) electrons. The molecule has 0 unspecified atom stereocenters. The van der Waals surface area contributed by atoms with Crippen molar-refractivity contribution in [1.82, 2.24) is 4.90 Å². The molecule has 0 amide bonds. The second kappa shape index (κ2) is 4.75. The molecule has 1 nitrogen and oxygen atoms in total. The van der Waals surface area contributed by atoms with Crippen molar-refractivity contribution in [2.24, 2.45) is 0 Å². The summed E-state index contributed by atoms with van der Waals surface area (Å²) in [5.74, 6) is 0. The number of rotatable bonds is 2. The molecule has 1 saturated heterocycles. The van der Waals surface area contributed by atoms with E-state index in [0.717, 1.165) is 6.54 Å². The Labute approximate surface area is 67.7 Å². The molecule has 0 bridgehead atoms. The van der Waals surface area contributed by atoms with Crippen LogP contribution >= 0.6 is 11.6 Å². The average molecular weight is 160 g/mol. The van der Waals surface area contributed by atoms with Gasteiger partial charge in [-0.3, -0.25) is 4.90 Å². The standard InChI is InChI=1S/C8H14ClN/c9-5-4-8-10-6-2-1-3-7-10/h4-5H,1-3,6-8H2. The first kappa shape index (κ1) is 8.09. The molecule has 2 heteroatoms. The Morgan fingerprint density at radius 2 is 1.90 bits per heavy atom. The zero-order valence-corrected chi connectivity index (χ0v) is 6.98. The van der Waals surface area contributed by atoms with Gasteiger partial charge >= 0.3 is 0 Å². The molecule has 58 valence electrons. The van der Waals surface area contributed by atoms with E-state index in [4.69, 9.17) is 11.6 Å². The van der Waals surface area contributed by atoms with Gasteiger partial charge in [-0.25, -0.2) is 0 Å². The van der Waals surface area contributed by atoms with Crippen LogP contribution in [-0.4, -0.2) is 24.5 Å². The fourth-order valence-electron chi connectivity index (χ4n) is 1.33. The lowest BCUT2D eigenvalue weighted by Gasteiger charge is -2.24. The summed E-state index contributed by atoms with van der Waals surface area (Å²) in [7, 11) is 0. The lowest BCUT2D eigenvalue weighted by atomic mass is 10.1. The molecule has 1 rings (SSSR count). The lowest BCUT2D eigenvalue weighted by molar-refractivity contribution is 0.251. The minimum atomic E-state index is 1.03. The van der Waals surface area contributed by atoms with Gasteiger partial charge in [0.05, 0.1) is 0 Å². The number of likely N-dealkylation sites (tertiary alicyclic amines) is 1. The summed E-state index contributed by atoms with van der Waals surface area (Å²) in [4.78, 5) is 2.43. The van der Waals surface area contributed by atoms with Crippen LogP contribution in [0.5, 0.6) is 0 Å². The number of hydrogen-bond donors (Lipinski definition) is 0. The predicted molar refractivity (Wildman–Crippen MR) is 45.3 cm³/mol. The summed E-state index contributed by atoms with van der Waals surface area (Å²) >= 11 is 5.41. The molecule has 0 saturated carbocycles. The Hall–Kier alpha value is -0.0100.